The predicted molar refractivity (Wildman–Crippen MR) is 118 cm³/mol. The minimum atomic E-state index is -0.250. The molecule has 0 bridgehead atoms. The monoisotopic (exact) mass is 443 g/mol. The SMILES string of the molecule is CC1(CN)CCN(c2nn3cc(C(=O)N4CCCc5ncccc54)nc3s2)C1.O=CO. The quantitative estimate of drug-likeness (QED) is 0.585. The third-order valence-electron chi connectivity index (χ3n) is 5.77. The topological polar surface area (TPSA) is 130 Å². The van der Waals surface area contributed by atoms with Gasteiger partial charge in [-0.25, -0.2) is 9.50 Å². The van der Waals surface area contributed by atoms with Crippen molar-refractivity contribution in [2.75, 3.05) is 36.0 Å². The lowest BCUT2D eigenvalue weighted by molar-refractivity contribution is -0.122. The minimum absolute atomic E-state index is 0.0925. The molecule has 0 aromatic carbocycles. The summed E-state index contributed by atoms with van der Waals surface area (Å²) < 4.78 is 1.72. The summed E-state index contributed by atoms with van der Waals surface area (Å²) in [4.78, 5) is 35.2. The maximum Gasteiger partial charge on any atom is 0.290 e. The van der Waals surface area contributed by atoms with Crippen LogP contribution in [0.5, 0.6) is 0 Å². The number of amides is 1. The van der Waals surface area contributed by atoms with Gasteiger partial charge >= 0.3 is 0 Å². The molecule has 2 aliphatic heterocycles. The summed E-state index contributed by atoms with van der Waals surface area (Å²) in [6, 6.07) is 3.82. The number of fused-ring (bicyclic) bond motifs is 2. The van der Waals surface area contributed by atoms with E-state index in [1.165, 1.54) is 11.3 Å². The maximum absolute atomic E-state index is 13.1. The van der Waals surface area contributed by atoms with Crippen molar-refractivity contribution in [3.63, 3.8) is 0 Å². The highest BCUT2D eigenvalue weighted by Gasteiger charge is 2.34. The molecule has 1 saturated heterocycles. The number of carbonyl (C=O) groups is 2. The van der Waals surface area contributed by atoms with Crippen LogP contribution in [0.3, 0.4) is 0 Å². The lowest BCUT2D eigenvalue weighted by atomic mass is 9.90. The van der Waals surface area contributed by atoms with Crippen LogP contribution in [0, 0.1) is 5.41 Å². The normalized spacial score (nSPS) is 20.3. The first-order valence-electron chi connectivity index (χ1n) is 10.1. The van der Waals surface area contributed by atoms with Crippen LogP contribution in [0.15, 0.2) is 24.5 Å². The Balaban J connectivity index is 0.000000730. The van der Waals surface area contributed by atoms with Gasteiger partial charge in [-0.15, -0.1) is 5.10 Å². The minimum Gasteiger partial charge on any atom is -0.483 e. The Bertz CT molecular complexity index is 1070. The Morgan fingerprint density at radius 1 is 1.42 bits per heavy atom. The van der Waals surface area contributed by atoms with Crippen LogP contribution in [-0.2, 0) is 11.2 Å². The molecule has 0 saturated carbocycles. The van der Waals surface area contributed by atoms with E-state index < -0.39 is 0 Å². The Labute approximate surface area is 183 Å². The molecule has 3 aromatic rings. The fourth-order valence-corrected chi connectivity index (χ4v) is 4.92. The molecule has 0 aliphatic carbocycles. The lowest BCUT2D eigenvalue weighted by Crippen LogP contribution is -2.36. The number of aryl methyl sites for hydroxylation is 1. The molecule has 2 aliphatic rings. The number of nitrogens with two attached hydrogens (primary N) is 1. The van der Waals surface area contributed by atoms with Gasteiger partial charge in [0.15, 0.2) is 0 Å². The molecule has 164 valence electrons. The molecule has 3 aromatic heterocycles. The molecule has 1 fully saturated rings. The van der Waals surface area contributed by atoms with Gasteiger partial charge in [0.05, 0.1) is 17.6 Å². The fraction of sp³-hybridized carbons (Fsp3) is 0.450. The number of aromatic nitrogens is 4. The summed E-state index contributed by atoms with van der Waals surface area (Å²) in [5, 5.41) is 12.5. The van der Waals surface area contributed by atoms with Gasteiger partial charge in [-0.05, 0) is 43.4 Å². The molecule has 0 spiro atoms. The third-order valence-corrected chi connectivity index (χ3v) is 6.75. The summed E-state index contributed by atoms with van der Waals surface area (Å²) in [5.74, 6) is -0.0925. The van der Waals surface area contributed by atoms with E-state index in [2.05, 4.69) is 26.9 Å². The zero-order chi connectivity index (χ0) is 22.0. The van der Waals surface area contributed by atoms with Gasteiger partial charge in [-0.3, -0.25) is 14.6 Å². The highest BCUT2D eigenvalue weighted by Crippen LogP contribution is 2.34. The third kappa shape index (κ3) is 4.10. The average Bonchev–Trinajstić information content (AvgIpc) is 3.47. The van der Waals surface area contributed by atoms with Crippen LogP contribution in [0.25, 0.3) is 4.96 Å². The number of pyridine rings is 1. The smallest absolute Gasteiger partial charge is 0.290 e. The summed E-state index contributed by atoms with van der Waals surface area (Å²) in [7, 11) is 0. The van der Waals surface area contributed by atoms with Crippen molar-refractivity contribution in [3.8, 4) is 0 Å². The number of nitrogens with zero attached hydrogens (tertiary/aromatic N) is 6. The van der Waals surface area contributed by atoms with E-state index in [4.69, 9.17) is 15.6 Å². The first-order valence-corrected chi connectivity index (χ1v) is 10.9. The van der Waals surface area contributed by atoms with Crippen LogP contribution in [0.2, 0.25) is 0 Å². The molecular weight excluding hydrogens is 418 g/mol. The second-order valence-electron chi connectivity index (χ2n) is 8.06. The van der Waals surface area contributed by atoms with Crippen molar-refractivity contribution in [1.82, 2.24) is 19.6 Å². The second-order valence-corrected chi connectivity index (χ2v) is 8.99. The fourth-order valence-electron chi connectivity index (χ4n) is 4.02. The molecule has 1 unspecified atom stereocenters. The molecule has 5 rings (SSSR count). The maximum atomic E-state index is 13.1. The van der Waals surface area contributed by atoms with Gasteiger partial charge in [0.2, 0.25) is 10.1 Å². The van der Waals surface area contributed by atoms with Gasteiger partial charge in [-0.2, -0.15) is 0 Å². The molecule has 31 heavy (non-hydrogen) atoms. The average molecular weight is 444 g/mol. The molecular formula is C20H25N7O3S. The van der Waals surface area contributed by atoms with E-state index in [0.29, 0.717) is 18.8 Å². The summed E-state index contributed by atoms with van der Waals surface area (Å²) in [5.41, 5.74) is 8.35. The van der Waals surface area contributed by atoms with Gasteiger partial charge in [0.25, 0.3) is 12.4 Å². The van der Waals surface area contributed by atoms with Crippen LogP contribution < -0.4 is 15.5 Å². The summed E-state index contributed by atoms with van der Waals surface area (Å²) in [6.45, 7) is 5.19. The Morgan fingerprint density at radius 2 is 2.23 bits per heavy atom. The first kappa shape index (κ1) is 21.2. The number of carboxylic acid groups (broad SMARTS) is 1. The van der Waals surface area contributed by atoms with Crippen molar-refractivity contribution in [3.05, 3.63) is 35.9 Å². The van der Waals surface area contributed by atoms with Crippen LogP contribution >= 0.6 is 11.3 Å². The Kier molecular flexibility index (Phi) is 5.88. The molecule has 11 heteroatoms. The second kappa shape index (κ2) is 8.60. The molecule has 1 amide bonds. The van der Waals surface area contributed by atoms with E-state index in [-0.39, 0.29) is 17.8 Å². The van der Waals surface area contributed by atoms with Gasteiger partial charge in [0.1, 0.15) is 5.69 Å². The van der Waals surface area contributed by atoms with Crippen molar-refractivity contribution in [2.24, 2.45) is 11.1 Å². The zero-order valence-corrected chi connectivity index (χ0v) is 18.1. The summed E-state index contributed by atoms with van der Waals surface area (Å²) in [6.07, 6.45) is 6.40. The van der Waals surface area contributed by atoms with Crippen LogP contribution in [0.1, 0.15) is 35.9 Å². The van der Waals surface area contributed by atoms with Crippen molar-refractivity contribution in [1.29, 1.82) is 0 Å². The number of carbonyl (C=O) groups excluding carboxylic acids is 1. The van der Waals surface area contributed by atoms with E-state index in [0.717, 1.165) is 53.8 Å². The Hall–Kier alpha value is -3.05. The number of anilines is 2. The van der Waals surface area contributed by atoms with Gasteiger partial charge in [-0.1, -0.05) is 18.3 Å². The van der Waals surface area contributed by atoms with Gasteiger partial charge in [0, 0.05) is 25.8 Å². The Morgan fingerprint density at radius 3 is 2.94 bits per heavy atom. The number of rotatable bonds is 3. The number of imidazole rings is 1. The molecule has 5 heterocycles. The lowest BCUT2D eigenvalue weighted by Gasteiger charge is -2.27. The van der Waals surface area contributed by atoms with Crippen molar-refractivity contribution in [2.45, 2.75) is 26.2 Å². The predicted octanol–water partition coefficient (Wildman–Crippen LogP) is 1.65. The van der Waals surface area contributed by atoms with Crippen LogP contribution in [0.4, 0.5) is 10.8 Å². The molecule has 1 atom stereocenters. The molecule has 3 N–H and O–H groups in total. The molecule has 10 nitrogen and oxygen atoms in total. The van der Waals surface area contributed by atoms with E-state index >= 15 is 0 Å². The largest absolute Gasteiger partial charge is 0.483 e. The van der Waals surface area contributed by atoms with E-state index in [9.17, 15) is 4.79 Å². The van der Waals surface area contributed by atoms with Gasteiger partial charge < -0.3 is 20.6 Å². The first-order chi connectivity index (χ1) is 15.0. The highest BCUT2D eigenvalue weighted by atomic mass is 32.1. The van der Waals surface area contributed by atoms with E-state index in [1.54, 1.807) is 21.8 Å². The van der Waals surface area contributed by atoms with E-state index in [1.807, 2.05) is 12.1 Å². The highest BCUT2D eigenvalue weighted by molar-refractivity contribution is 7.20. The molecule has 0 radical (unpaired) electrons. The summed E-state index contributed by atoms with van der Waals surface area (Å²) >= 11 is 1.52. The zero-order valence-electron chi connectivity index (χ0n) is 17.3. The van der Waals surface area contributed by atoms with Crippen LogP contribution in [-0.4, -0.2) is 63.2 Å². The van der Waals surface area contributed by atoms with Crippen molar-refractivity contribution < 1.29 is 14.7 Å². The standard InChI is InChI=1S/C19H23N7OS.CH2O2/c1-19(11-20)6-9-24(12-19)18-23-26-10-14(22-17(26)28-18)16(27)25-8-3-4-13-15(25)5-2-7-21-13;2-1-3/h2,5,7,10H,3-4,6,8-9,11-12,20H2,1H3;1H,(H,2,3). The number of hydrogen-bond donors (Lipinski definition) is 2. The van der Waals surface area contributed by atoms with Crippen molar-refractivity contribution >= 4 is 39.5 Å². The number of hydrogen-bond acceptors (Lipinski definition) is 8.